The summed E-state index contributed by atoms with van der Waals surface area (Å²) in [6.45, 7) is 4.43. The van der Waals surface area contributed by atoms with E-state index in [1.807, 2.05) is 5.32 Å². The van der Waals surface area contributed by atoms with Crippen LogP contribution in [0.25, 0.3) is 0 Å². The largest absolute Gasteiger partial charge is 0.481 e. The second-order valence-corrected chi connectivity index (χ2v) is 6.64. The van der Waals surface area contributed by atoms with Crippen molar-refractivity contribution in [3.8, 4) is 0 Å². The van der Waals surface area contributed by atoms with Crippen LogP contribution in [-0.4, -0.2) is 22.8 Å². The Kier molecular flexibility index (Phi) is 6.40. The maximum absolute atomic E-state index is 13.0. The van der Waals surface area contributed by atoms with Gasteiger partial charge in [0.1, 0.15) is 5.60 Å². The van der Waals surface area contributed by atoms with E-state index in [4.69, 9.17) is 9.84 Å². The number of carbonyl (C=O) groups excluding carboxylic acids is 1. The third kappa shape index (κ3) is 7.35. The lowest BCUT2D eigenvalue weighted by Gasteiger charge is -2.24. The third-order valence-electron chi connectivity index (χ3n) is 3.08. The number of amides is 1. The molecule has 1 aromatic rings. The minimum absolute atomic E-state index is 0.0885. The first-order valence-corrected chi connectivity index (χ1v) is 7.50. The van der Waals surface area contributed by atoms with Crippen LogP contribution in [0.15, 0.2) is 18.2 Å². The number of carboxylic acids is 1. The van der Waals surface area contributed by atoms with Crippen molar-refractivity contribution in [3.63, 3.8) is 0 Å². The van der Waals surface area contributed by atoms with Gasteiger partial charge in [0.2, 0.25) is 0 Å². The molecule has 1 aromatic carbocycles. The second kappa shape index (κ2) is 7.65. The van der Waals surface area contributed by atoms with Crippen molar-refractivity contribution >= 4 is 12.1 Å². The van der Waals surface area contributed by atoms with E-state index in [1.165, 1.54) is 20.8 Å². The minimum atomic E-state index is -5.10. The zero-order valence-corrected chi connectivity index (χ0v) is 14.5. The monoisotopic (exact) mass is 401 g/mol. The molecule has 0 radical (unpaired) electrons. The first-order chi connectivity index (χ1) is 12.0. The average molecular weight is 401 g/mol. The lowest BCUT2D eigenvalue weighted by atomic mass is 9.97. The highest BCUT2D eigenvalue weighted by Gasteiger charge is 2.38. The van der Waals surface area contributed by atoms with E-state index in [0.717, 1.165) is 0 Å². The average Bonchev–Trinajstić information content (AvgIpc) is 2.41. The molecule has 11 heteroatoms. The highest BCUT2D eigenvalue weighted by Crippen LogP contribution is 2.37. The van der Waals surface area contributed by atoms with E-state index >= 15 is 0 Å². The van der Waals surface area contributed by atoms with Crippen LogP contribution in [0, 0.1) is 0 Å². The summed E-state index contributed by atoms with van der Waals surface area (Å²) in [5.74, 6) is -1.54. The Bertz CT molecular complexity index is 674. The van der Waals surface area contributed by atoms with Crippen molar-refractivity contribution in [2.75, 3.05) is 0 Å². The third-order valence-corrected chi connectivity index (χ3v) is 3.08. The maximum Gasteiger partial charge on any atom is 0.416 e. The number of carbonyl (C=O) groups is 2. The molecular formula is C16H17F6NO4. The predicted octanol–water partition coefficient (Wildman–Crippen LogP) is 4.76. The number of alkyl carbamates (subject to hydrolysis) is 1. The van der Waals surface area contributed by atoms with E-state index in [0.29, 0.717) is 12.1 Å². The van der Waals surface area contributed by atoms with Gasteiger partial charge in [-0.05, 0) is 44.5 Å². The fraction of sp³-hybridized carbons (Fsp3) is 0.500. The number of carboxylic acid groups (broad SMARTS) is 1. The fourth-order valence-corrected chi connectivity index (χ4v) is 2.06. The first kappa shape index (κ1) is 22.6. The van der Waals surface area contributed by atoms with Crippen LogP contribution in [0.3, 0.4) is 0 Å². The van der Waals surface area contributed by atoms with Gasteiger partial charge in [-0.15, -0.1) is 0 Å². The van der Waals surface area contributed by atoms with Crippen molar-refractivity contribution < 1.29 is 45.8 Å². The molecule has 0 aliphatic rings. The van der Waals surface area contributed by atoms with Gasteiger partial charge in [0.25, 0.3) is 0 Å². The van der Waals surface area contributed by atoms with E-state index in [9.17, 15) is 35.9 Å². The molecule has 0 bridgehead atoms. The van der Waals surface area contributed by atoms with Gasteiger partial charge in [0.15, 0.2) is 0 Å². The van der Waals surface area contributed by atoms with Crippen LogP contribution in [-0.2, 0) is 21.9 Å². The van der Waals surface area contributed by atoms with Gasteiger partial charge in [-0.2, -0.15) is 26.3 Å². The Hall–Kier alpha value is -2.46. The molecule has 0 aliphatic carbocycles. The van der Waals surface area contributed by atoms with Crippen molar-refractivity contribution in [2.45, 2.75) is 51.2 Å². The van der Waals surface area contributed by atoms with Crippen molar-refractivity contribution in [3.05, 3.63) is 34.9 Å². The van der Waals surface area contributed by atoms with Gasteiger partial charge >= 0.3 is 24.4 Å². The molecule has 0 saturated heterocycles. The number of ether oxygens (including phenoxy) is 1. The summed E-state index contributed by atoms with van der Waals surface area (Å²) in [4.78, 5) is 22.8. The molecule has 1 amide bonds. The molecule has 0 aliphatic heterocycles. The van der Waals surface area contributed by atoms with Gasteiger partial charge in [0, 0.05) is 0 Å². The summed E-state index contributed by atoms with van der Waals surface area (Å²) < 4.78 is 82.6. The number of nitrogens with one attached hydrogen (secondary N) is 1. The maximum atomic E-state index is 13.0. The molecule has 152 valence electrons. The topological polar surface area (TPSA) is 75.6 Å². The van der Waals surface area contributed by atoms with Crippen LogP contribution in [0.1, 0.15) is 49.9 Å². The summed E-state index contributed by atoms with van der Waals surface area (Å²) in [6, 6.07) is -1.03. The number of benzene rings is 1. The molecule has 5 nitrogen and oxygen atoms in total. The standard InChI is InChI=1S/C16H17F6NO4/c1-14(2,3)27-13(26)23-11(7-12(24)25)8-4-9(15(17,18)19)6-10(5-8)16(20,21)22/h4-6,11H,7H2,1-3H3,(H,23,26)(H,24,25)/t11-/m0/s1. The molecular weight excluding hydrogens is 384 g/mol. The molecule has 0 fully saturated rings. The van der Waals surface area contributed by atoms with E-state index in [-0.39, 0.29) is 6.07 Å². The SMILES string of the molecule is CC(C)(C)OC(=O)N[C@@H](CC(=O)O)c1cc(C(F)(F)F)cc(C(F)(F)F)c1. The molecule has 1 atom stereocenters. The summed E-state index contributed by atoms with van der Waals surface area (Å²) in [6.07, 6.45) is -12.3. The Labute approximate surface area is 150 Å². The second-order valence-electron chi connectivity index (χ2n) is 6.64. The summed E-state index contributed by atoms with van der Waals surface area (Å²) in [7, 11) is 0. The normalized spacial score (nSPS) is 13.8. The summed E-state index contributed by atoms with van der Waals surface area (Å²) in [5, 5.41) is 10.9. The quantitative estimate of drug-likeness (QED) is 0.713. The highest BCUT2D eigenvalue weighted by atomic mass is 19.4. The molecule has 0 spiro atoms. The number of alkyl halides is 6. The van der Waals surface area contributed by atoms with Gasteiger partial charge in [0.05, 0.1) is 23.6 Å². The van der Waals surface area contributed by atoms with Crippen molar-refractivity contribution in [1.82, 2.24) is 5.32 Å². The molecule has 0 aromatic heterocycles. The Balaban J connectivity index is 3.39. The molecule has 1 rings (SSSR count). The van der Waals surface area contributed by atoms with Crippen molar-refractivity contribution in [2.24, 2.45) is 0 Å². The van der Waals surface area contributed by atoms with Crippen LogP contribution >= 0.6 is 0 Å². The van der Waals surface area contributed by atoms with E-state index in [1.54, 1.807) is 0 Å². The molecule has 27 heavy (non-hydrogen) atoms. The molecule has 0 unspecified atom stereocenters. The number of halogens is 6. The highest BCUT2D eigenvalue weighted by molar-refractivity contribution is 5.72. The zero-order chi connectivity index (χ0) is 21.2. The first-order valence-electron chi connectivity index (χ1n) is 7.50. The fourth-order valence-electron chi connectivity index (χ4n) is 2.06. The molecule has 0 heterocycles. The number of hydrogen-bond acceptors (Lipinski definition) is 3. The van der Waals surface area contributed by atoms with Crippen molar-refractivity contribution in [1.29, 1.82) is 0 Å². The number of aliphatic carboxylic acids is 1. The number of rotatable bonds is 4. The lowest BCUT2D eigenvalue weighted by Crippen LogP contribution is -2.36. The van der Waals surface area contributed by atoms with Crippen LogP contribution < -0.4 is 5.32 Å². The van der Waals surface area contributed by atoms with Crippen LogP contribution in [0.4, 0.5) is 31.1 Å². The molecule has 0 saturated carbocycles. The predicted molar refractivity (Wildman–Crippen MR) is 80.8 cm³/mol. The van der Waals surface area contributed by atoms with Crippen LogP contribution in [0.2, 0.25) is 0 Å². The van der Waals surface area contributed by atoms with E-state index < -0.39 is 59.2 Å². The Morgan fingerprint density at radius 1 is 1.00 bits per heavy atom. The zero-order valence-electron chi connectivity index (χ0n) is 14.5. The minimum Gasteiger partial charge on any atom is -0.481 e. The van der Waals surface area contributed by atoms with E-state index in [2.05, 4.69) is 0 Å². The summed E-state index contributed by atoms with van der Waals surface area (Å²) in [5.41, 5.74) is -4.91. The number of hydrogen-bond donors (Lipinski definition) is 2. The Morgan fingerprint density at radius 3 is 1.78 bits per heavy atom. The smallest absolute Gasteiger partial charge is 0.416 e. The Morgan fingerprint density at radius 2 is 1.44 bits per heavy atom. The van der Waals surface area contributed by atoms with Gasteiger partial charge < -0.3 is 15.2 Å². The molecule has 2 N–H and O–H groups in total. The summed E-state index contributed by atoms with van der Waals surface area (Å²) >= 11 is 0. The van der Waals surface area contributed by atoms with Gasteiger partial charge in [-0.1, -0.05) is 0 Å². The lowest BCUT2D eigenvalue weighted by molar-refractivity contribution is -0.143. The van der Waals surface area contributed by atoms with Gasteiger partial charge in [-0.3, -0.25) is 4.79 Å². The van der Waals surface area contributed by atoms with Gasteiger partial charge in [-0.25, -0.2) is 4.79 Å². The van der Waals surface area contributed by atoms with Crippen LogP contribution in [0.5, 0.6) is 0 Å².